The molecule has 1 N–H and O–H groups in total. The number of hydrogen-bond donors (Lipinski definition) is 1. The number of aryl methyl sites for hydroxylation is 2. The standard InChI is InChI=1S/C29H35N7O/c1-18-31-24-13-20(15-30-27(24)32-18)19-6-7-25-21(12-19)16-36(10-11-37-25)28-22-14-29(2,3)9-8-23(22)33-26(34-28)17-35(4)5/h6-7,12-13,15H,8-11,14,16-17H2,1-5H3,(H,30,31,32). The molecule has 0 saturated carbocycles. The lowest BCUT2D eigenvalue weighted by molar-refractivity contribution is 0.308. The number of ether oxygens (including phenoxy) is 1. The van der Waals surface area contributed by atoms with E-state index in [9.17, 15) is 0 Å². The summed E-state index contributed by atoms with van der Waals surface area (Å²) in [5.74, 6) is 3.78. The molecule has 4 heterocycles. The number of rotatable bonds is 4. The Bertz CT molecular complexity index is 1470. The Labute approximate surface area is 218 Å². The van der Waals surface area contributed by atoms with Gasteiger partial charge >= 0.3 is 0 Å². The number of aromatic nitrogens is 5. The van der Waals surface area contributed by atoms with Gasteiger partial charge in [-0.05, 0) is 69.5 Å². The van der Waals surface area contributed by atoms with Crippen LogP contribution in [0.25, 0.3) is 22.3 Å². The number of imidazole rings is 1. The van der Waals surface area contributed by atoms with Crippen molar-refractivity contribution < 1.29 is 4.74 Å². The summed E-state index contributed by atoms with van der Waals surface area (Å²) in [6, 6.07) is 8.56. The molecule has 8 nitrogen and oxygen atoms in total. The minimum atomic E-state index is 0.248. The summed E-state index contributed by atoms with van der Waals surface area (Å²) in [6.07, 6.45) is 5.06. The first-order chi connectivity index (χ1) is 17.7. The lowest BCUT2D eigenvalue weighted by atomic mass is 9.76. The van der Waals surface area contributed by atoms with Crippen LogP contribution >= 0.6 is 0 Å². The first kappa shape index (κ1) is 23.9. The molecule has 0 fully saturated rings. The lowest BCUT2D eigenvalue weighted by Crippen LogP contribution is -2.32. The molecule has 0 spiro atoms. The number of pyridine rings is 1. The van der Waals surface area contributed by atoms with Gasteiger partial charge in [0.15, 0.2) is 5.65 Å². The van der Waals surface area contributed by atoms with Gasteiger partial charge in [-0.1, -0.05) is 19.9 Å². The van der Waals surface area contributed by atoms with Gasteiger partial charge in [-0.25, -0.2) is 19.9 Å². The third kappa shape index (κ3) is 4.78. The molecule has 4 aromatic rings. The van der Waals surface area contributed by atoms with Crippen molar-refractivity contribution >= 4 is 17.0 Å². The fourth-order valence-electron chi connectivity index (χ4n) is 5.53. The van der Waals surface area contributed by atoms with Crippen LogP contribution in [0.4, 0.5) is 5.82 Å². The second-order valence-electron chi connectivity index (χ2n) is 11.5. The van der Waals surface area contributed by atoms with Crippen molar-refractivity contribution in [3.05, 3.63) is 58.9 Å². The molecule has 37 heavy (non-hydrogen) atoms. The summed E-state index contributed by atoms with van der Waals surface area (Å²) in [7, 11) is 4.14. The van der Waals surface area contributed by atoms with E-state index in [0.29, 0.717) is 6.61 Å². The van der Waals surface area contributed by atoms with Crippen LogP contribution in [0, 0.1) is 12.3 Å². The van der Waals surface area contributed by atoms with Gasteiger partial charge in [0.1, 0.15) is 29.8 Å². The molecular weight excluding hydrogens is 462 g/mol. The van der Waals surface area contributed by atoms with Crippen molar-refractivity contribution in [2.75, 3.05) is 32.1 Å². The Hall–Kier alpha value is -3.52. The number of anilines is 1. The molecule has 3 aromatic heterocycles. The van der Waals surface area contributed by atoms with E-state index in [-0.39, 0.29) is 5.41 Å². The van der Waals surface area contributed by atoms with Gasteiger partial charge < -0.3 is 19.5 Å². The van der Waals surface area contributed by atoms with E-state index >= 15 is 0 Å². The van der Waals surface area contributed by atoms with Crippen molar-refractivity contribution in [3.8, 4) is 16.9 Å². The second kappa shape index (κ2) is 9.10. The Balaban J connectivity index is 1.38. The van der Waals surface area contributed by atoms with E-state index in [2.05, 4.69) is 77.0 Å². The number of aromatic amines is 1. The van der Waals surface area contributed by atoms with Crippen LogP contribution in [-0.2, 0) is 25.9 Å². The van der Waals surface area contributed by atoms with Crippen molar-refractivity contribution in [1.29, 1.82) is 0 Å². The molecule has 6 rings (SSSR count). The van der Waals surface area contributed by atoms with E-state index in [0.717, 1.165) is 90.0 Å². The normalized spacial score (nSPS) is 16.9. The topological polar surface area (TPSA) is 83.1 Å². The molecule has 0 radical (unpaired) electrons. The highest BCUT2D eigenvalue weighted by Gasteiger charge is 2.31. The minimum absolute atomic E-state index is 0.248. The summed E-state index contributed by atoms with van der Waals surface area (Å²) in [4.78, 5) is 27.0. The van der Waals surface area contributed by atoms with Gasteiger partial charge in [-0.2, -0.15) is 0 Å². The van der Waals surface area contributed by atoms with Crippen LogP contribution in [0.1, 0.15) is 48.7 Å². The van der Waals surface area contributed by atoms with Crippen LogP contribution in [0.5, 0.6) is 5.75 Å². The summed E-state index contributed by atoms with van der Waals surface area (Å²) >= 11 is 0. The number of nitrogens with one attached hydrogen (secondary N) is 1. The van der Waals surface area contributed by atoms with Crippen LogP contribution in [0.15, 0.2) is 30.5 Å². The highest BCUT2D eigenvalue weighted by molar-refractivity contribution is 5.78. The van der Waals surface area contributed by atoms with Gasteiger partial charge in [0.25, 0.3) is 0 Å². The average molecular weight is 498 g/mol. The van der Waals surface area contributed by atoms with Gasteiger partial charge in [-0.15, -0.1) is 0 Å². The third-order valence-electron chi connectivity index (χ3n) is 7.40. The largest absolute Gasteiger partial charge is 0.491 e. The van der Waals surface area contributed by atoms with E-state index in [4.69, 9.17) is 14.7 Å². The zero-order valence-electron chi connectivity index (χ0n) is 22.4. The van der Waals surface area contributed by atoms with Gasteiger partial charge in [0.2, 0.25) is 0 Å². The molecule has 8 heteroatoms. The first-order valence-corrected chi connectivity index (χ1v) is 13.1. The third-order valence-corrected chi connectivity index (χ3v) is 7.40. The molecule has 1 aliphatic heterocycles. The van der Waals surface area contributed by atoms with E-state index < -0.39 is 0 Å². The molecule has 0 unspecified atom stereocenters. The molecule has 2 aliphatic rings. The average Bonchev–Trinajstić information content (AvgIpc) is 3.08. The number of benzene rings is 1. The van der Waals surface area contributed by atoms with E-state index in [1.54, 1.807) is 0 Å². The quantitative estimate of drug-likeness (QED) is 0.438. The number of fused-ring (bicyclic) bond motifs is 3. The van der Waals surface area contributed by atoms with E-state index in [1.807, 2.05) is 13.1 Å². The number of H-pyrrole nitrogens is 1. The Morgan fingerprint density at radius 1 is 1.11 bits per heavy atom. The first-order valence-electron chi connectivity index (χ1n) is 13.1. The maximum absolute atomic E-state index is 6.22. The molecule has 1 aromatic carbocycles. The highest BCUT2D eigenvalue weighted by atomic mass is 16.5. The molecule has 192 valence electrons. The molecule has 0 atom stereocenters. The lowest BCUT2D eigenvalue weighted by Gasteiger charge is -2.34. The Kier molecular flexibility index (Phi) is 5.87. The van der Waals surface area contributed by atoms with Crippen molar-refractivity contribution in [2.45, 2.75) is 53.1 Å². The predicted molar refractivity (Wildman–Crippen MR) is 146 cm³/mol. The fraction of sp³-hybridized carbons (Fsp3) is 0.448. The van der Waals surface area contributed by atoms with E-state index in [1.165, 1.54) is 11.3 Å². The number of hydrogen-bond acceptors (Lipinski definition) is 7. The van der Waals surface area contributed by atoms with Gasteiger partial charge in [-0.3, -0.25) is 0 Å². The Morgan fingerprint density at radius 3 is 2.81 bits per heavy atom. The van der Waals surface area contributed by atoms with Crippen molar-refractivity contribution in [1.82, 2.24) is 29.8 Å². The molecule has 0 bridgehead atoms. The maximum atomic E-state index is 6.22. The van der Waals surface area contributed by atoms with Crippen LogP contribution < -0.4 is 9.64 Å². The smallest absolute Gasteiger partial charge is 0.177 e. The van der Waals surface area contributed by atoms with Crippen LogP contribution in [0.3, 0.4) is 0 Å². The maximum Gasteiger partial charge on any atom is 0.177 e. The molecule has 0 saturated heterocycles. The van der Waals surface area contributed by atoms with Crippen LogP contribution in [0.2, 0.25) is 0 Å². The molecule has 0 amide bonds. The summed E-state index contributed by atoms with van der Waals surface area (Å²) in [5.41, 5.74) is 7.80. The summed E-state index contributed by atoms with van der Waals surface area (Å²) < 4.78 is 6.22. The van der Waals surface area contributed by atoms with Crippen LogP contribution in [-0.4, -0.2) is 57.1 Å². The van der Waals surface area contributed by atoms with Gasteiger partial charge in [0.05, 0.1) is 18.6 Å². The second-order valence-corrected chi connectivity index (χ2v) is 11.5. The fourth-order valence-corrected chi connectivity index (χ4v) is 5.53. The highest BCUT2D eigenvalue weighted by Crippen LogP contribution is 2.39. The monoisotopic (exact) mass is 497 g/mol. The molecule has 1 aliphatic carbocycles. The number of nitrogens with zero attached hydrogens (tertiary/aromatic N) is 6. The van der Waals surface area contributed by atoms with Crippen molar-refractivity contribution in [2.24, 2.45) is 5.41 Å². The summed E-state index contributed by atoms with van der Waals surface area (Å²) in [6.45, 7) is 9.55. The van der Waals surface area contributed by atoms with Crippen molar-refractivity contribution in [3.63, 3.8) is 0 Å². The molecular formula is C29H35N7O. The zero-order valence-corrected chi connectivity index (χ0v) is 22.4. The predicted octanol–water partition coefficient (Wildman–Crippen LogP) is 4.70. The van der Waals surface area contributed by atoms with Gasteiger partial charge in [0, 0.05) is 35.1 Å². The SMILES string of the molecule is Cc1nc2ncc(-c3ccc4c(c3)CN(c3nc(CN(C)C)nc5c3CC(C)(C)CC5)CCO4)cc2[nH]1. The zero-order chi connectivity index (χ0) is 25.7. The Morgan fingerprint density at radius 2 is 1.97 bits per heavy atom. The minimum Gasteiger partial charge on any atom is -0.491 e. The summed E-state index contributed by atoms with van der Waals surface area (Å²) in [5, 5.41) is 0.